The van der Waals surface area contributed by atoms with Crippen molar-refractivity contribution in [3.63, 3.8) is 0 Å². The van der Waals surface area contributed by atoms with Gasteiger partial charge in [0.05, 0.1) is 5.56 Å². The van der Waals surface area contributed by atoms with Crippen LogP contribution in [-0.2, 0) is 34.3 Å². The third kappa shape index (κ3) is 3.80. The Morgan fingerprint density at radius 3 is 2.48 bits per heavy atom. The zero-order chi connectivity index (χ0) is 20.8. The van der Waals surface area contributed by atoms with Gasteiger partial charge in [-0.15, -0.1) is 11.3 Å². The molecule has 0 saturated heterocycles. The van der Waals surface area contributed by atoms with E-state index in [1.54, 1.807) is 11.3 Å². The summed E-state index contributed by atoms with van der Waals surface area (Å²) in [4.78, 5) is 31.4. The summed E-state index contributed by atoms with van der Waals surface area (Å²) >= 11 is 1.65. The number of rotatable bonds is 5. The molecule has 0 unspecified atom stereocenters. The van der Waals surface area contributed by atoms with E-state index in [1.165, 1.54) is 10.4 Å². The standard InChI is InChI=1S/C22H26N2O4S/c1-22(2,3)21-23-19(28-24-21)18-14-7-4-5-10-16(14)29-17(18)11-15(25)12-8-6-9-13(12)20(26)27/h4-11H2,1-3H3,(H,26,27). The number of carbonyl (C=O) groups excluding carboxylic acids is 1. The summed E-state index contributed by atoms with van der Waals surface area (Å²) in [6.07, 6.45) is 6.17. The number of fused-ring (bicyclic) bond motifs is 1. The van der Waals surface area contributed by atoms with Crippen LogP contribution in [0.3, 0.4) is 0 Å². The predicted molar refractivity (Wildman–Crippen MR) is 110 cm³/mol. The molecule has 0 fully saturated rings. The minimum Gasteiger partial charge on any atom is -0.478 e. The zero-order valence-corrected chi connectivity index (χ0v) is 17.9. The lowest BCUT2D eigenvalue weighted by Gasteiger charge is -2.12. The number of carbonyl (C=O) groups is 2. The first-order valence-electron chi connectivity index (χ1n) is 10.2. The average molecular weight is 415 g/mol. The third-order valence-corrected chi connectivity index (χ3v) is 6.98. The Kier molecular flexibility index (Phi) is 5.19. The molecule has 29 heavy (non-hydrogen) atoms. The van der Waals surface area contributed by atoms with Crippen LogP contribution in [0.5, 0.6) is 0 Å². The molecule has 0 atom stereocenters. The third-order valence-electron chi connectivity index (χ3n) is 5.69. The van der Waals surface area contributed by atoms with E-state index in [4.69, 9.17) is 4.52 Å². The van der Waals surface area contributed by atoms with Crippen LogP contribution in [0.1, 0.15) is 74.0 Å². The van der Waals surface area contributed by atoms with Crippen LogP contribution in [-0.4, -0.2) is 27.0 Å². The van der Waals surface area contributed by atoms with E-state index in [1.807, 2.05) is 20.8 Å². The number of hydrogen-bond donors (Lipinski definition) is 1. The van der Waals surface area contributed by atoms with Crippen molar-refractivity contribution in [2.75, 3.05) is 0 Å². The van der Waals surface area contributed by atoms with Crippen molar-refractivity contribution >= 4 is 23.1 Å². The van der Waals surface area contributed by atoms with E-state index in [0.29, 0.717) is 30.1 Å². The number of hydrogen-bond acceptors (Lipinski definition) is 6. The summed E-state index contributed by atoms with van der Waals surface area (Å²) in [6.45, 7) is 6.11. The van der Waals surface area contributed by atoms with Gasteiger partial charge >= 0.3 is 5.97 Å². The molecule has 0 bridgehead atoms. The maximum atomic E-state index is 13.0. The van der Waals surface area contributed by atoms with Crippen molar-refractivity contribution < 1.29 is 19.2 Å². The number of allylic oxidation sites excluding steroid dienone is 1. The number of aryl methyl sites for hydroxylation is 1. The van der Waals surface area contributed by atoms with Crippen LogP contribution in [0.15, 0.2) is 15.7 Å². The summed E-state index contributed by atoms with van der Waals surface area (Å²) in [5.74, 6) is 0.0711. The Bertz CT molecular complexity index is 1010. The van der Waals surface area contributed by atoms with Crippen molar-refractivity contribution in [1.82, 2.24) is 10.1 Å². The number of carboxylic acids is 1. The maximum absolute atomic E-state index is 13.0. The fourth-order valence-electron chi connectivity index (χ4n) is 4.17. The highest BCUT2D eigenvalue weighted by atomic mass is 32.1. The number of aliphatic carboxylic acids is 1. The number of aromatic nitrogens is 2. The fraction of sp³-hybridized carbons (Fsp3) is 0.545. The predicted octanol–water partition coefficient (Wildman–Crippen LogP) is 4.65. The van der Waals surface area contributed by atoms with Gasteiger partial charge in [0.1, 0.15) is 0 Å². The molecule has 2 aromatic heterocycles. The van der Waals surface area contributed by atoms with Gasteiger partial charge in [0.15, 0.2) is 11.6 Å². The van der Waals surface area contributed by atoms with Gasteiger partial charge in [-0.2, -0.15) is 4.98 Å². The molecule has 1 N–H and O–H groups in total. The van der Waals surface area contributed by atoms with E-state index in [2.05, 4.69) is 10.1 Å². The number of ketones is 1. The van der Waals surface area contributed by atoms with Gasteiger partial charge < -0.3 is 9.63 Å². The number of nitrogens with zero attached hydrogens (tertiary/aromatic N) is 2. The summed E-state index contributed by atoms with van der Waals surface area (Å²) < 4.78 is 5.64. The highest BCUT2D eigenvalue weighted by molar-refractivity contribution is 7.12. The summed E-state index contributed by atoms with van der Waals surface area (Å²) in [5, 5.41) is 13.6. The molecule has 0 radical (unpaired) electrons. The van der Waals surface area contributed by atoms with Crippen molar-refractivity contribution in [2.45, 2.75) is 77.6 Å². The summed E-state index contributed by atoms with van der Waals surface area (Å²) in [5.41, 5.74) is 2.68. The van der Waals surface area contributed by atoms with Crippen LogP contribution in [0.4, 0.5) is 0 Å². The molecule has 2 aromatic rings. The largest absolute Gasteiger partial charge is 0.478 e. The second-order valence-electron chi connectivity index (χ2n) is 8.90. The Labute approximate surface area is 174 Å². The Hall–Kier alpha value is -2.28. The van der Waals surface area contributed by atoms with E-state index >= 15 is 0 Å². The maximum Gasteiger partial charge on any atom is 0.331 e. The van der Waals surface area contributed by atoms with Crippen LogP contribution in [0.2, 0.25) is 0 Å². The highest BCUT2D eigenvalue weighted by Gasteiger charge is 2.31. The monoisotopic (exact) mass is 414 g/mol. The first-order chi connectivity index (χ1) is 13.8. The summed E-state index contributed by atoms with van der Waals surface area (Å²) in [7, 11) is 0. The Morgan fingerprint density at radius 1 is 1.07 bits per heavy atom. The van der Waals surface area contributed by atoms with Gasteiger partial charge in [-0.05, 0) is 50.5 Å². The molecule has 0 spiro atoms. The molecule has 0 aliphatic heterocycles. The highest BCUT2D eigenvalue weighted by Crippen LogP contribution is 2.41. The number of Topliss-reactive ketones (excluding diaryl/α,β-unsaturated/α-hetero) is 1. The summed E-state index contributed by atoms with van der Waals surface area (Å²) in [6, 6.07) is 0. The molecule has 2 heterocycles. The molecule has 6 nitrogen and oxygen atoms in total. The van der Waals surface area contributed by atoms with E-state index in [9.17, 15) is 14.7 Å². The van der Waals surface area contributed by atoms with Crippen molar-refractivity contribution in [3.05, 3.63) is 32.3 Å². The quantitative estimate of drug-likeness (QED) is 0.765. The lowest BCUT2D eigenvalue weighted by atomic mass is 9.93. The van der Waals surface area contributed by atoms with Gasteiger partial charge in [0, 0.05) is 32.7 Å². The van der Waals surface area contributed by atoms with Crippen LogP contribution < -0.4 is 0 Å². The molecule has 0 aromatic carbocycles. The van der Waals surface area contributed by atoms with Crippen LogP contribution in [0, 0.1) is 0 Å². The minimum absolute atomic E-state index is 0.0877. The zero-order valence-electron chi connectivity index (χ0n) is 17.1. The van der Waals surface area contributed by atoms with Gasteiger partial charge in [0.25, 0.3) is 5.89 Å². The molecule has 154 valence electrons. The second kappa shape index (κ2) is 7.52. The Morgan fingerprint density at radius 2 is 1.79 bits per heavy atom. The van der Waals surface area contributed by atoms with E-state index in [0.717, 1.165) is 42.5 Å². The van der Waals surface area contributed by atoms with Gasteiger partial charge in [-0.1, -0.05) is 25.9 Å². The Balaban J connectivity index is 1.73. The molecule has 0 saturated carbocycles. The molecule has 2 aliphatic carbocycles. The second-order valence-corrected chi connectivity index (χ2v) is 10.1. The smallest absolute Gasteiger partial charge is 0.331 e. The lowest BCUT2D eigenvalue weighted by molar-refractivity contribution is -0.133. The van der Waals surface area contributed by atoms with E-state index < -0.39 is 5.97 Å². The number of carboxylic acid groups (broad SMARTS) is 1. The van der Waals surface area contributed by atoms with Crippen molar-refractivity contribution in [3.8, 4) is 11.5 Å². The molecular formula is C22H26N2O4S. The lowest BCUT2D eigenvalue weighted by Crippen LogP contribution is -2.13. The molecule has 4 rings (SSSR count). The fourth-order valence-corrected chi connectivity index (χ4v) is 5.55. The number of thiophene rings is 1. The van der Waals surface area contributed by atoms with Crippen LogP contribution in [0.25, 0.3) is 11.5 Å². The van der Waals surface area contributed by atoms with Gasteiger partial charge in [-0.3, -0.25) is 4.79 Å². The average Bonchev–Trinajstić information content (AvgIpc) is 3.38. The first kappa shape index (κ1) is 20.0. The van der Waals surface area contributed by atoms with Crippen LogP contribution >= 0.6 is 11.3 Å². The van der Waals surface area contributed by atoms with E-state index in [-0.39, 0.29) is 23.2 Å². The van der Waals surface area contributed by atoms with Gasteiger partial charge in [-0.25, -0.2) is 4.79 Å². The minimum atomic E-state index is -0.969. The molecule has 2 aliphatic rings. The molecular weight excluding hydrogens is 388 g/mol. The normalized spacial score (nSPS) is 16.9. The van der Waals surface area contributed by atoms with Gasteiger partial charge in [0.2, 0.25) is 0 Å². The molecule has 7 heteroatoms. The first-order valence-corrected chi connectivity index (χ1v) is 11.0. The molecule has 0 amide bonds. The van der Waals surface area contributed by atoms with Crippen molar-refractivity contribution in [1.29, 1.82) is 0 Å². The van der Waals surface area contributed by atoms with Crippen molar-refractivity contribution in [2.24, 2.45) is 0 Å². The SMILES string of the molecule is CC(C)(C)c1noc(-c2c(CC(=O)C3=C(C(=O)O)CCC3)sc3c2CCCC3)n1. The topological polar surface area (TPSA) is 93.3 Å².